The van der Waals surface area contributed by atoms with Crippen molar-refractivity contribution in [3.8, 4) is 0 Å². The van der Waals surface area contributed by atoms with Crippen LogP contribution in [0.25, 0.3) is 0 Å². The standard InChI is InChI=1S/C12H9BrClFN2/c13-8-4-9(6-16-5-8)17-7-10-11(14)2-1-3-12(10)15/h1-6,17H,7H2. The van der Waals surface area contributed by atoms with Crippen molar-refractivity contribution in [2.75, 3.05) is 5.32 Å². The molecule has 1 N–H and O–H groups in total. The van der Waals surface area contributed by atoms with Crippen molar-refractivity contribution in [1.29, 1.82) is 0 Å². The highest BCUT2D eigenvalue weighted by Gasteiger charge is 2.06. The molecule has 2 aromatic rings. The van der Waals surface area contributed by atoms with Crippen molar-refractivity contribution in [3.63, 3.8) is 0 Å². The van der Waals surface area contributed by atoms with Crippen molar-refractivity contribution in [3.05, 3.63) is 57.5 Å². The Morgan fingerprint density at radius 2 is 2.18 bits per heavy atom. The molecule has 0 saturated carbocycles. The van der Waals surface area contributed by atoms with Gasteiger partial charge in [-0.25, -0.2) is 4.39 Å². The van der Waals surface area contributed by atoms with E-state index in [9.17, 15) is 4.39 Å². The molecule has 5 heteroatoms. The van der Waals surface area contributed by atoms with Gasteiger partial charge in [0, 0.05) is 27.8 Å². The second kappa shape index (κ2) is 5.47. The van der Waals surface area contributed by atoms with Gasteiger partial charge in [-0.2, -0.15) is 0 Å². The summed E-state index contributed by atoms with van der Waals surface area (Å²) >= 11 is 9.24. The van der Waals surface area contributed by atoms with E-state index < -0.39 is 0 Å². The van der Waals surface area contributed by atoms with Gasteiger partial charge in [0.15, 0.2) is 0 Å². The van der Waals surface area contributed by atoms with Gasteiger partial charge in [-0.05, 0) is 34.1 Å². The maximum atomic E-state index is 13.5. The summed E-state index contributed by atoms with van der Waals surface area (Å²) in [7, 11) is 0. The minimum atomic E-state index is -0.312. The van der Waals surface area contributed by atoms with Crippen LogP contribution in [0.15, 0.2) is 41.1 Å². The fourth-order valence-corrected chi connectivity index (χ4v) is 1.99. The molecule has 0 aliphatic carbocycles. The Bertz CT molecular complexity index is 513. The molecule has 0 aliphatic rings. The summed E-state index contributed by atoms with van der Waals surface area (Å²) in [6, 6.07) is 6.51. The Hall–Kier alpha value is -1.13. The molecule has 0 aliphatic heterocycles. The molecular formula is C12H9BrClFN2. The molecule has 0 amide bonds. The van der Waals surface area contributed by atoms with E-state index in [-0.39, 0.29) is 5.82 Å². The lowest BCUT2D eigenvalue weighted by Gasteiger charge is -2.08. The van der Waals surface area contributed by atoms with Crippen LogP contribution in [0.2, 0.25) is 5.02 Å². The summed E-state index contributed by atoms with van der Waals surface area (Å²) in [5.41, 5.74) is 1.26. The zero-order valence-corrected chi connectivity index (χ0v) is 11.1. The Labute approximate surface area is 112 Å². The highest BCUT2D eigenvalue weighted by atomic mass is 79.9. The molecule has 0 spiro atoms. The second-order valence-electron chi connectivity index (χ2n) is 3.45. The van der Waals surface area contributed by atoms with Crippen molar-refractivity contribution in [2.24, 2.45) is 0 Å². The van der Waals surface area contributed by atoms with Crippen molar-refractivity contribution < 1.29 is 4.39 Å². The third-order valence-corrected chi connectivity index (χ3v) is 3.02. The lowest BCUT2D eigenvalue weighted by Crippen LogP contribution is -2.02. The number of nitrogens with zero attached hydrogens (tertiary/aromatic N) is 1. The highest BCUT2D eigenvalue weighted by Crippen LogP contribution is 2.21. The number of benzene rings is 1. The fourth-order valence-electron chi connectivity index (χ4n) is 1.40. The van der Waals surface area contributed by atoms with Crippen molar-refractivity contribution >= 4 is 33.2 Å². The number of anilines is 1. The lowest BCUT2D eigenvalue weighted by molar-refractivity contribution is 0.613. The van der Waals surface area contributed by atoms with Crippen LogP contribution in [0.5, 0.6) is 0 Å². The van der Waals surface area contributed by atoms with Crippen LogP contribution in [-0.4, -0.2) is 4.98 Å². The Morgan fingerprint density at radius 1 is 1.35 bits per heavy atom. The SMILES string of the molecule is Fc1cccc(Cl)c1CNc1cncc(Br)c1. The van der Waals surface area contributed by atoms with Crippen LogP contribution in [0.3, 0.4) is 0 Å². The predicted octanol–water partition coefficient (Wildman–Crippen LogP) is 4.25. The Morgan fingerprint density at radius 3 is 2.88 bits per heavy atom. The van der Waals surface area contributed by atoms with E-state index in [4.69, 9.17) is 11.6 Å². The molecule has 88 valence electrons. The van der Waals surface area contributed by atoms with Gasteiger partial charge in [-0.3, -0.25) is 4.98 Å². The van der Waals surface area contributed by atoms with Gasteiger partial charge in [-0.1, -0.05) is 17.7 Å². The van der Waals surface area contributed by atoms with Gasteiger partial charge in [0.25, 0.3) is 0 Å². The monoisotopic (exact) mass is 314 g/mol. The topological polar surface area (TPSA) is 24.9 Å². The molecule has 0 fully saturated rings. The first-order chi connectivity index (χ1) is 8.16. The van der Waals surface area contributed by atoms with Gasteiger partial charge in [0.05, 0.1) is 11.9 Å². The first kappa shape index (κ1) is 12.3. The third-order valence-electron chi connectivity index (χ3n) is 2.24. The average Bonchev–Trinajstić information content (AvgIpc) is 2.28. The van der Waals surface area contributed by atoms with E-state index in [1.54, 1.807) is 24.5 Å². The Kier molecular flexibility index (Phi) is 3.97. The summed E-state index contributed by atoms with van der Waals surface area (Å²) in [5.74, 6) is -0.312. The quantitative estimate of drug-likeness (QED) is 0.916. The van der Waals surface area contributed by atoms with Crippen molar-refractivity contribution in [1.82, 2.24) is 4.98 Å². The van der Waals surface area contributed by atoms with E-state index in [1.807, 2.05) is 6.07 Å². The fraction of sp³-hybridized carbons (Fsp3) is 0.0833. The van der Waals surface area contributed by atoms with Crippen molar-refractivity contribution in [2.45, 2.75) is 6.54 Å². The summed E-state index contributed by atoms with van der Waals surface area (Å²) in [5, 5.41) is 3.48. The molecule has 1 aromatic heterocycles. The number of halogens is 3. The molecule has 1 aromatic carbocycles. The summed E-state index contributed by atoms with van der Waals surface area (Å²) < 4.78 is 14.3. The summed E-state index contributed by atoms with van der Waals surface area (Å²) in [4.78, 5) is 4.01. The summed E-state index contributed by atoms with van der Waals surface area (Å²) in [6.45, 7) is 0.323. The molecule has 0 radical (unpaired) electrons. The van der Waals surface area contributed by atoms with Crippen LogP contribution in [0, 0.1) is 5.82 Å². The van der Waals surface area contributed by atoms with Gasteiger partial charge < -0.3 is 5.32 Å². The molecule has 17 heavy (non-hydrogen) atoms. The van der Waals surface area contributed by atoms with E-state index in [1.165, 1.54) is 6.07 Å². The first-order valence-electron chi connectivity index (χ1n) is 4.94. The molecule has 0 atom stereocenters. The van der Waals surface area contributed by atoms with Gasteiger partial charge in [0.2, 0.25) is 0 Å². The van der Waals surface area contributed by atoms with E-state index >= 15 is 0 Å². The van der Waals surface area contributed by atoms with E-state index in [0.29, 0.717) is 17.1 Å². The number of aromatic nitrogens is 1. The molecule has 0 saturated heterocycles. The van der Waals surface area contributed by atoms with Crippen LogP contribution < -0.4 is 5.32 Å². The van der Waals surface area contributed by atoms with Gasteiger partial charge >= 0.3 is 0 Å². The number of nitrogens with one attached hydrogen (secondary N) is 1. The van der Waals surface area contributed by atoms with Gasteiger partial charge in [-0.15, -0.1) is 0 Å². The minimum absolute atomic E-state index is 0.312. The molecular weight excluding hydrogens is 307 g/mol. The summed E-state index contributed by atoms with van der Waals surface area (Å²) in [6.07, 6.45) is 3.35. The largest absolute Gasteiger partial charge is 0.380 e. The molecule has 2 rings (SSSR count). The number of pyridine rings is 1. The van der Waals surface area contributed by atoms with Crippen LogP contribution in [0.4, 0.5) is 10.1 Å². The molecule has 1 heterocycles. The third kappa shape index (κ3) is 3.17. The van der Waals surface area contributed by atoms with E-state index in [0.717, 1.165) is 10.2 Å². The smallest absolute Gasteiger partial charge is 0.129 e. The lowest BCUT2D eigenvalue weighted by atomic mass is 10.2. The Balaban J connectivity index is 2.13. The molecule has 0 unspecified atom stereocenters. The molecule has 0 bridgehead atoms. The normalized spacial score (nSPS) is 10.3. The minimum Gasteiger partial charge on any atom is -0.380 e. The molecule has 2 nitrogen and oxygen atoms in total. The second-order valence-corrected chi connectivity index (χ2v) is 4.77. The average molecular weight is 316 g/mol. The zero-order valence-electron chi connectivity index (χ0n) is 8.75. The van der Waals surface area contributed by atoms with Crippen LogP contribution >= 0.6 is 27.5 Å². The van der Waals surface area contributed by atoms with Crippen LogP contribution in [0.1, 0.15) is 5.56 Å². The zero-order chi connectivity index (χ0) is 12.3. The first-order valence-corrected chi connectivity index (χ1v) is 6.11. The maximum Gasteiger partial charge on any atom is 0.129 e. The van der Waals surface area contributed by atoms with Crippen LogP contribution in [-0.2, 0) is 6.54 Å². The number of hydrogen-bond donors (Lipinski definition) is 1. The van der Waals surface area contributed by atoms with E-state index in [2.05, 4.69) is 26.2 Å². The number of hydrogen-bond acceptors (Lipinski definition) is 2. The van der Waals surface area contributed by atoms with Gasteiger partial charge in [0.1, 0.15) is 5.82 Å². The predicted molar refractivity (Wildman–Crippen MR) is 70.7 cm³/mol. The maximum absolute atomic E-state index is 13.5. The highest BCUT2D eigenvalue weighted by molar-refractivity contribution is 9.10. The number of rotatable bonds is 3.